The number of halogens is 2. The molecule has 0 bridgehead atoms. The summed E-state index contributed by atoms with van der Waals surface area (Å²) in [6, 6.07) is 5.68. The number of nitrogens with one attached hydrogen (secondary N) is 1. The van der Waals surface area contributed by atoms with Crippen LogP contribution in [0.1, 0.15) is 25.5 Å². The second-order valence-electron chi connectivity index (χ2n) is 4.10. The molecule has 1 atom stereocenters. The number of nitrogens with zero attached hydrogens (tertiary/aromatic N) is 2. The summed E-state index contributed by atoms with van der Waals surface area (Å²) in [5.41, 5.74) is 1.95. The van der Waals surface area contributed by atoms with E-state index < -0.39 is 0 Å². The number of aromatic nitrogens is 2. The van der Waals surface area contributed by atoms with Crippen molar-refractivity contribution in [2.24, 2.45) is 0 Å². The highest BCUT2D eigenvalue weighted by Gasteiger charge is 2.10. The predicted octanol–water partition coefficient (Wildman–Crippen LogP) is 4.38. The fraction of sp³-hybridized carbons (Fsp3) is 0.308. The van der Waals surface area contributed by atoms with Crippen LogP contribution in [0.15, 0.2) is 30.6 Å². The van der Waals surface area contributed by atoms with Crippen molar-refractivity contribution in [1.82, 2.24) is 9.78 Å². The Morgan fingerprint density at radius 2 is 2.17 bits per heavy atom. The van der Waals surface area contributed by atoms with Gasteiger partial charge in [0.05, 0.1) is 28.0 Å². The summed E-state index contributed by atoms with van der Waals surface area (Å²) in [7, 11) is 0. The summed E-state index contributed by atoms with van der Waals surface area (Å²) >= 11 is 12.1. The van der Waals surface area contributed by atoms with Crippen LogP contribution >= 0.6 is 23.2 Å². The van der Waals surface area contributed by atoms with Crippen LogP contribution in [0.3, 0.4) is 0 Å². The Balaban J connectivity index is 2.15. The molecule has 1 heterocycles. The van der Waals surface area contributed by atoms with Crippen molar-refractivity contribution in [2.45, 2.75) is 26.4 Å². The van der Waals surface area contributed by atoms with E-state index in [9.17, 15) is 0 Å². The first kappa shape index (κ1) is 13.2. The second kappa shape index (κ2) is 5.63. The zero-order valence-electron chi connectivity index (χ0n) is 10.3. The summed E-state index contributed by atoms with van der Waals surface area (Å²) in [4.78, 5) is 0. The van der Waals surface area contributed by atoms with Gasteiger partial charge in [-0.1, -0.05) is 29.3 Å². The molecule has 0 fully saturated rings. The van der Waals surface area contributed by atoms with Crippen LogP contribution in [-0.2, 0) is 6.54 Å². The molecule has 0 aliphatic rings. The Hall–Kier alpha value is -1.19. The number of rotatable bonds is 4. The third kappa shape index (κ3) is 2.79. The van der Waals surface area contributed by atoms with E-state index in [0.717, 1.165) is 17.8 Å². The van der Waals surface area contributed by atoms with E-state index in [2.05, 4.69) is 24.3 Å². The molecule has 0 aliphatic carbocycles. The van der Waals surface area contributed by atoms with Gasteiger partial charge < -0.3 is 5.32 Å². The standard InChI is InChI=1S/C13H15Cl2N3/c1-3-18-8-10(7-16-18)9(2)17-12-6-4-5-11(14)13(12)15/h4-9,17H,3H2,1-2H3. The summed E-state index contributed by atoms with van der Waals surface area (Å²) in [6.45, 7) is 4.99. The maximum Gasteiger partial charge on any atom is 0.0823 e. The predicted molar refractivity (Wildman–Crippen MR) is 76.4 cm³/mol. The highest BCUT2D eigenvalue weighted by Crippen LogP contribution is 2.31. The van der Waals surface area contributed by atoms with Crippen molar-refractivity contribution < 1.29 is 0 Å². The van der Waals surface area contributed by atoms with Gasteiger partial charge >= 0.3 is 0 Å². The topological polar surface area (TPSA) is 29.9 Å². The number of hydrogen-bond donors (Lipinski definition) is 1. The fourth-order valence-electron chi connectivity index (χ4n) is 1.71. The van der Waals surface area contributed by atoms with Crippen LogP contribution in [-0.4, -0.2) is 9.78 Å². The largest absolute Gasteiger partial charge is 0.377 e. The third-order valence-electron chi connectivity index (χ3n) is 2.80. The molecule has 0 spiro atoms. The minimum atomic E-state index is 0.126. The first-order chi connectivity index (χ1) is 8.61. The lowest BCUT2D eigenvalue weighted by Gasteiger charge is -2.15. The SMILES string of the molecule is CCn1cc(C(C)Nc2cccc(Cl)c2Cl)cn1. The number of aryl methyl sites for hydroxylation is 1. The minimum absolute atomic E-state index is 0.126. The Morgan fingerprint density at radius 1 is 1.39 bits per heavy atom. The number of hydrogen-bond acceptors (Lipinski definition) is 2. The van der Waals surface area contributed by atoms with Crippen LogP contribution in [0, 0.1) is 0 Å². The van der Waals surface area contributed by atoms with Gasteiger partial charge in [0.15, 0.2) is 0 Å². The van der Waals surface area contributed by atoms with Crippen molar-refractivity contribution in [2.75, 3.05) is 5.32 Å². The van der Waals surface area contributed by atoms with Gasteiger partial charge in [-0.05, 0) is 26.0 Å². The summed E-state index contributed by atoms with van der Waals surface area (Å²) < 4.78 is 1.90. The van der Waals surface area contributed by atoms with Crippen molar-refractivity contribution in [3.63, 3.8) is 0 Å². The molecular formula is C13H15Cl2N3. The van der Waals surface area contributed by atoms with Gasteiger partial charge in [-0.2, -0.15) is 5.10 Å². The van der Waals surface area contributed by atoms with E-state index in [0.29, 0.717) is 10.0 Å². The maximum absolute atomic E-state index is 6.14. The van der Waals surface area contributed by atoms with Gasteiger partial charge in [-0.15, -0.1) is 0 Å². The Bertz CT molecular complexity index is 537. The van der Waals surface area contributed by atoms with Gasteiger partial charge in [0, 0.05) is 18.3 Å². The minimum Gasteiger partial charge on any atom is -0.377 e. The van der Waals surface area contributed by atoms with Crippen molar-refractivity contribution in [3.8, 4) is 0 Å². The first-order valence-corrected chi connectivity index (χ1v) is 6.60. The van der Waals surface area contributed by atoms with Gasteiger partial charge in [0.2, 0.25) is 0 Å². The molecule has 0 aliphatic heterocycles. The van der Waals surface area contributed by atoms with E-state index in [4.69, 9.17) is 23.2 Å². The monoisotopic (exact) mass is 283 g/mol. The van der Waals surface area contributed by atoms with Crippen LogP contribution in [0.5, 0.6) is 0 Å². The zero-order valence-corrected chi connectivity index (χ0v) is 11.8. The van der Waals surface area contributed by atoms with Gasteiger partial charge in [-0.3, -0.25) is 4.68 Å². The third-order valence-corrected chi connectivity index (χ3v) is 3.62. The van der Waals surface area contributed by atoms with Crippen LogP contribution in [0.2, 0.25) is 10.0 Å². The van der Waals surface area contributed by atoms with Crippen molar-refractivity contribution >= 4 is 28.9 Å². The molecule has 1 N–H and O–H groups in total. The molecule has 96 valence electrons. The van der Waals surface area contributed by atoms with Crippen LogP contribution < -0.4 is 5.32 Å². The summed E-state index contributed by atoms with van der Waals surface area (Å²) in [6.07, 6.45) is 3.88. The van der Waals surface area contributed by atoms with Crippen molar-refractivity contribution in [3.05, 3.63) is 46.2 Å². The van der Waals surface area contributed by atoms with E-state index in [1.807, 2.05) is 29.2 Å². The molecule has 3 nitrogen and oxygen atoms in total. The highest BCUT2D eigenvalue weighted by molar-refractivity contribution is 6.43. The Kier molecular flexibility index (Phi) is 4.15. The smallest absolute Gasteiger partial charge is 0.0823 e. The molecule has 5 heteroatoms. The molecule has 1 aromatic carbocycles. The van der Waals surface area contributed by atoms with E-state index in [1.165, 1.54) is 0 Å². The van der Waals surface area contributed by atoms with Gasteiger partial charge in [0.1, 0.15) is 0 Å². The lowest BCUT2D eigenvalue weighted by atomic mass is 10.2. The molecule has 1 aromatic heterocycles. The second-order valence-corrected chi connectivity index (χ2v) is 4.88. The molecule has 0 saturated carbocycles. The van der Waals surface area contributed by atoms with E-state index in [-0.39, 0.29) is 6.04 Å². The van der Waals surface area contributed by atoms with E-state index in [1.54, 1.807) is 6.07 Å². The molecule has 2 rings (SSSR count). The molecule has 1 unspecified atom stereocenters. The molecule has 0 radical (unpaired) electrons. The van der Waals surface area contributed by atoms with Crippen LogP contribution in [0.4, 0.5) is 5.69 Å². The molecule has 0 amide bonds. The average molecular weight is 284 g/mol. The lowest BCUT2D eigenvalue weighted by molar-refractivity contribution is 0.658. The maximum atomic E-state index is 6.14. The molecule has 2 aromatic rings. The number of anilines is 1. The lowest BCUT2D eigenvalue weighted by Crippen LogP contribution is -2.06. The van der Waals surface area contributed by atoms with Gasteiger partial charge in [0.25, 0.3) is 0 Å². The fourth-order valence-corrected chi connectivity index (χ4v) is 2.06. The summed E-state index contributed by atoms with van der Waals surface area (Å²) in [5.74, 6) is 0. The zero-order chi connectivity index (χ0) is 13.1. The van der Waals surface area contributed by atoms with Crippen molar-refractivity contribution in [1.29, 1.82) is 0 Å². The Morgan fingerprint density at radius 3 is 2.83 bits per heavy atom. The number of benzene rings is 1. The Labute approximate surface area is 117 Å². The first-order valence-electron chi connectivity index (χ1n) is 5.84. The quantitative estimate of drug-likeness (QED) is 0.902. The molecular weight excluding hydrogens is 269 g/mol. The summed E-state index contributed by atoms with van der Waals surface area (Å²) in [5, 5.41) is 8.69. The van der Waals surface area contributed by atoms with E-state index >= 15 is 0 Å². The van der Waals surface area contributed by atoms with Gasteiger partial charge in [-0.25, -0.2) is 0 Å². The normalized spacial score (nSPS) is 12.4. The molecule has 0 saturated heterocycles. The molecule has 18 heavy (non-hydrogen) atoms. The van der Waals surface area contributed by atoms with Crippen LogP contribution in [0.25, 0.3) is 0 Å². The highest BCUT2D eigenvalue weighted by atomic mass is 35.5. The average Bonchev–Trinajstić information content (AvgIpc) is 2.83.